The molecule has 0 aliphatic carbocycles. The third-order valence-corrected chi connectivity index (χ3v) is 2.87. The summed E-state index contributed by atoms with van der Waals surface area (Å²) in [5, 5.41) is 11.8. The molecule has 0 spiro atoms. The van der Waals surface area contributed by atoms with Crippen LogP contribution in [-0.4, -0.2) is 30.8 Å². The lowest BCUT2D eigenvalue weighted by Gasteiger charge is -2.14. The Morgan fingerprint density at radius 2 is 2.11 bits per heavy atom. The van der Waals surface area contributed by atoms with Gasteiger partial charge in [0, 0.05) is 6.54 Å². The van der Waals surface area contributed by atoms with Gasteiger partial charge in [-0.15, -0.1) is 0 Å². The fourth-order valence-electron chi connectivity index (χ4n) is 1.91. The van der Waals surface area contributed by atoms with E-state index in [-0.39, 0.29) is 13.0 Å². The summed E-state index contributed by atoms with van der Waals surface area (Å²) in [6.45, 7) is 2.15. The first-order valence-corrected chi connectivity index (χ1v) is 6.10. The van der Waals surface area contributed by atoms with Crippen LogP contribution in [0.4, 0.5) is 0 Å². The zero-order valence-electron chi connectivity index (χ0n) is 10.2. The van der Waals surface area contributed by atoms with Crippen molar-refractivity contribution in [1.29, 1.82) is 0 Å². The molecular weight excluding hydrogens is 230 g/mol. The van der Waals surface area contributed by atoms with Crippen LogP contribution in [-0.2, 0) is 4.79 Å². The number of nitrogens with one attached hydrogen (secondary N) is 1. The van der Waals surface area contributed by atoms with E-state index in [2.05, 4.69) is 11.4 Å². The van der Waals surface area contributed by atoms with E-state index in [4.69, 9.17) is 9.84 Å². The van der Waals surface area contributed by atoms with E-state index in [1.807, 2.05) is 24.3 Å². The number of aliphatic carboxylic acids is 1. The van der Waals surface area contributed by atoms with Gasteiger partial charge in [0.15, 0.2) is 0 Å². The van der Waals surface area contributed by atoms with Crippen molar-refractivity contribution in [2.45, 2.75) is 12.8 Å². The van der Waals surface area contributed by atoms with Gasteiger partial charge in [-0.2, -0.15) is 0 Å². The van der Waals surface area contributed by atoms with Crippen molar-refractivity contribution in [2.75, 3.05) is 19.7 Å². The Morgan fingerprint density at radius 1 is 1.33 bits per heavy atom. The Hall–Kier alpha value is -1.81. The minimum Gasteiger partial charge on any atom is -0.493 e. The summed E-state index contributed by atoms with van der Waals surface area (Å²) in [4.78, 5) is 10.4. The molecule has 0 saturated heterocycles. The van der Waals surface area contributed by atoms with Crippen LogP contribution in [0.15, 0.2) is 30.3 Å². The first-order valence-electron chi connectivity index (χ1n) is 6.10. The SMILES string of the molecule is O=C(O)CCOc1ccc(C2=CCNCC2)cc1. The molecule has 4 nitrogen and oxygen atoms in total. The topological polar surface area (TPSA) is 58.6 Å². The van der Waals surface area contributed by atoms with Gasteiger partial charge in [-0.3, -0.25) is 4.79 Å². The lowest BCUT2D eigenvalue weighted by atomic mass is 10.0. The zero-order chi connectivity index (χ0) is 12.8. The molecule has 2 N–H and O–H groups in total. The van der Waals surface area contributed by atoms with Gasteiger partial charge in [0.25, 0.3) is 0 Å². The average molecular weight is 247 g/mol. The molecule has 1 aromatic rings. The Kier molecular flexibility index (Phi) is 4.36. The van der Waals surface area contributed by atoms with Gasteiger partial charge in [-0.1, -0.05) is 18.2 Å². The molecule has 0 saturated carbocycles. The minimum atomic E-state index is -0.841. The maximum Gasteiger partial charge on any atom is 0.306 e. The number of hydrogen-bond donors (Lipinski definition) is 2. The maximum absolute atomic E-state index is 10.4. The molecule has 1 heterocycles. The summed E-state index contributed by atoms with van der Waals surface area (Å²) in [5.41, 5.74) is 2.56. The zero-order valence-corrected chi connectivity index (χ0v) is 10.2. The van der Waals surface area contributed by atoms with Crippen molar-refractivity contribution < 1.29 is 14.6 Å². The van der Waals surface area contributed by atoms with Gasteiger partial charge in [-0.05, 0) is 36.2 Å². The van der Waals surface area contributed by atoms with Gasteiger partial charge in [0.05, 0.1) is 13.0 Å². The fraction of sp³-hybridized carbons (Fsp3) is 0.357. The molecule has 0 amide bonds. The highest BCUT2D eigenvalue weighted by molar-refractivity contribution is 5.67. The molecule has 0 aromatic heterocycles. The minimum absolute atomic E-state index is 0.0264. The second-order valence-corrected chi connectivity index (χ2v) is 4.20. The molecule has 4 heteroatoms. The first-order chi connectivity index (χ1) is 8.75. The molecule has 0 radical (unpaired) electrons. The molecule has 1 aromatic carbocycles. The summed E-state index contributed by atoms with van der Waals surface area (Å²) in [6, 6.07) is 7.82. The van der Waals surface area contributed by atoms with Crippen molar-refractivity contribution in [1.82, 2.24) is 5.32 Å². The van der Waals surface area contributed by atoms with Crippen LogP contribution in [0, 0.1) is 0 Å². The number of carboxylic acids is 1. The molecule has 1 aliphatic heterocycles. The van der Waals surface area contributed by atoms with Gasteiger partial charge in [0.2, 0.25) is 0 Å². The lowest BCUT2D eigenvalue weighted by molar-refractivity contribution is -0.137. The highest BCUT2D eigenvalue weighted by atomic mass is 16.5. The average Bonchev–Trinajstić information content (AvgIpc) is 2.40. The van der Waals surface area contributed by atoms with Gasteiger partial charge < -0.3 is 15.2 Å². The smallest absolute Gasteiger partial charge is 0.306 e. The van der Waals surface area contributed by atoms with Crippen LogP contribution in [0.5, 0.6) is 5.75 Å². The van der Waals surface area contributed by atoms with Crippen molar-refractivity contribution in [3.05, 3.63) is 35.9 Å². The van der Waals surface area contributed by atoms with Crippen LogP contribution in [0.25, 0.3) is 5.57 Å². The van der Waals surface area contributed by atoms with Gasteiger partial charge >= 0.3 is 5.97 Å². The number of carboxylic acid groups (broad SMARTS) is 1. The maximum atomic E-state index is 10.4. The lowest BCUT2D eigenvalue weighted by Crippen LogP contribution is -2.19. The standard InChI is InChI=1S/C14H17NO3/c16-14(17)7-10-18-13-3-1-11(2-4-13)12-5-8-15-9-6-12/h1-5,15H,6-10H2,(H,16,17). The molecule has 2 rings (SSSR count). The Morgan fingerprint density at radius 3 is 2.72 bits per heavy atom. The normalized spacial score (nSPS) is 15.0. The monoisotopic (exact) mass is 247 g/mol. The molecule has 1 aliphatic rings. The van der Waals surface area contributed by atoms with Crippen LogP contribution in [0.1, 0.15) is 18.4 Å². The second kappa shape index (κ2) is 6.21. The van der Waals surface area contributed by atoms with E-state index in [1.165, 1.54) is 11.1 Å². The largest absolute Gasteiger partial charge is 0.493 e. The summed E-state index contributed by atoms with van der Waals surface area (Å²) >= 11 is 0. The molecule has 0 fully saturated rings. The van der Waals surface area contributed by atoms with Crippen molar-refractivity contribution in [3.63, 3.8) is 0 Å². The summed E-state index contributed by atoms with van der Waals surface area (Å²) < 4.78 is 5.35. The van der Waals surface area contributed by atoms with E-state index in [1.54, 1.807) is 0 Å². The number of rotatable bonds is 5. The number of carbonyl (C=O) groups is 1. The fourth-order valence-corrected chi connectivity index (χ4v) is 1.91. The van der Waals surface area contributed by atoms with Crippen LogP contribution < -0.4 is 10.1 Å². The van der Waals surface area contributed by atoms with Crippen LogP contribution >= 0.6 is 0 Å². The quantitative estimate of drug-likeness (QED) is 0.834. The number of ether oxygens (including phenoxy) is 1. The molecule has 0 bridgehead atoms. The molecule has 0 unspecified atom stereocenters. The van der Waals surface area contributed by atoms with E-state index < -0.39 is 5.97 Å². The molecule has 18 heavy (non-hydrogen) atoms. The van der Waals surface area contributed by atoms with E-state index in [0.717, 1.165) is 25.3 Å². The predicted octanol–water partition coefficient (Wildman–Crippen LogP) is 1.92. The van der Waals surface area contributed by atoms with Crippen molar-refractivity contribution in [2.24, 2.45) is 0 Å². The number of benzene rings is 1. The van der Waals surface area contributed by atoms with E-state index in [9.17, 15) is 4.79 Å². The molecule has 96 valence electrons. The highest BCUT2D eigenvalue weighted by Crippen LogP contribution is 2.22. The second-order valence-electron chi connectivity index (χ2n) is 4.20. The highest BCUT2D eigenvalue weighted by Gasteiger charge is 2.05. The van der Waals surface area contributed by atoms with Crippen LogP contribution in [0.3, 0.4) is 0 Å². The molecular formula is C14H17NO3. The Bertz CT molecular complexity index is 437. The summed E-state index contributed by atoms with van der Waals surface area (Å²) in [7, 11) is 0. The van der Waals surface area contributed by atoms with E-state index >= 15 is 0 Å². The molecule has 0 atom stereocenters. The number of hydrogen-bond acceptors (Lipinski definition) is 3. The summed E-state index contributed by atoms with van der Waals surface area (Å²) in [5.74, 6) is -0.124. The van der Waals surface area contributed by atoms with Gasteiger partial charge in [0.1, 0.15) is 5.75 Å². The Balaban J connectivity index is 1.92. The van der Waals surface area contributed by atoms with Crippen molar-refractivity contribution >= 4 is 11.5 Å². The first kappa shape index (κ1) is 12.6. The third-order valence-electron chi connectivity index (χ3n) is 2.87. The predicted molar refractivity (Wildman–Crippen MR) is 69.7 cm³/mol. The Labute approximate surface area is 106 Å². The van der Waals surface area contributed by atoms with Gasteiger partial charge in [-0.25, -0.2) is 0 Å². The van der Waals surface area contributed by atoms with E-state index in [0.29, 0.717) is 0 Å². The third kappa shape index (κ3) is 3.60. The van der Waals surface area contributed by atoms with Crippen molar-refractivity contribution in [3.8, 4) is 5.75 Å². The van der Waals surface area contributed by atoms with Crippen LogP contribution in [0.2, 0.25) is 0 Å². The summed E-state index contributed by atoms with van der Waals surface area (Å²) in [6.07, 6.45) is 3.27.